The van der Waals surface area contributed by atoms with Gasteiger partial charge in [-0.05, 0) is 12.1 Å². The smallest absolute Gasteiger partial charge is 0.258 e. The molecule has 21 heavy (non-hydrogen) atoms. The Morgan fingerprint density at radius 3 is 2.24 bits per heavy atom. The fourth-order valence-corrected chi connectivity index (χ4v) is 2.28. The molecule has 2 rings (SSSR count). The molecule has 0 aliphatic rings. The third kappa shape index (κ3) is 2.96. The predicted octanol–water partition coefficient (Wildman–Crippen LogP) is 4.19. The van der Waals surface area contributed by atoms with Crippen molar-refractivity contribution in [3.05, 3.63) is 50.8 Å². The topological polar surface area (TPSA) is 61.0 Å². The van der Waals surface area contributed by atoms with Gasteiger partial charge in [0.15, 0.2) is 5.69 Å². The fraction of sp³-hybridized carbons (Fsp3) is 0.182. The maximum Gasteiger partial charge on any atom is 0.435 e. The van der Waals surface area contributed by atoms with E-state index in [-0.39, 0.29) is 22.1 Å². The maximum absolute atomic E-state index is 12.8. The summed E-state index contributed by atoms with van der Waals surface area (Å²) in [6.07, 6.45) is -4.69. The molecule has 0 saturated heterocycles. The van der Waals surface area contributed by atoms with Crippen molar-refractivity contribution in [1.82, 2.24) is 9.78 Å². The average Bonchev–Trinajstić information content (AvgIpc) is 2.75. The van der Waals surface area contributed by atoms with E-state index in [9.17, 15) is 23.3 Å². The van der Waals surface area contributed by atoms with Crippen LogP contribution >= 0.6 is 23.2 Å². The van der Waals surface area contributed by atoms with Gasteiger partial charge in [0, 0.05) is 17.7 Å². The van der Waals surface area contributed by atoms with Crippen molar-refractivity contribution in [2.24, 2.45) is 0 Å². The number of nitro benzene ring substituents is 1. The minimum atomic E-state index is -4.69. The van der Waals surface area contributed by atoms with Gasteiger partial charge in [-0.2, -0.15) is 18.3 Å². The number of nitrogens with zero attached hydrogens (tertiary/aromatic N) is 3. The lowest BCUT2D eigenvalue weighted by molar-refractivity contribution is -0.384. The molecule has 0 N–H and O–H groups in total. The van der Waals surface area contributed by atoms with Crippen LogP contribution in [0.4, 0.5) is 18.9 Å². The van der Waals surface area contributed by atoms with Gasteiger partial charge in [-0.3, -0.25) is 10.1 Å². The number of benzene rings is 1. The highest BCUT2D eigenvalue weighted by Gasteiger charge is 2.38. The molecular formula is C11H6Cl2F3N3O2. The summed E-state index contributed by atoms with van der Waals surface area (Å²) in [6, 6.07) is 4.77. The minimum Gasteiger partial charge on any atom is -0.258 e. The second-order valence-electron chi connectivity index (χ2n) is 3.93. The Hall–Kier alpha value is -1.80. The van der Waals surface area contributed by atoms with Gasteiger partial charge in [0.25, 0.3) is 5.69 Å². The molecule has 0 amide bonds. The summed E-state index contributed by atoms with van der Waals surface area (Å²) in [7, 11) is 0. The molecule has 1 aromatic carbocycles. The zero-order valence-corrected chi connectivity index (χ0v) is 11.6. The summed E-state index contributed by atoms with van der Waals surface area (Å²) >= 11 is 11.3. The third-order valence-corrected chi connectivity index (χ3v) is 3.28. The lowest BCUT2D eigenvalue weighted by Gasteiger charge is -2.03. The van der Waals surface area contributed by atoms with E-state index in [1.807, 2.05) is 0 Å². The molecule has 0 radical (unpaired) electrons. The molecule has 0 saturated carbocycles. The zero-order valence-electron chi connectivity index (χ0n) is 10.1. The number of nitro groups is 1. The summed E-state index contributed by atoms with van der Waals surface area (Å²) in [6.45, 7) is 0. The molecule has 112 valence electrons. The van der Waals surface area contributed by atoms with Crippen molar-refractivity contribution in [2.75, 3.05) is 0 Å². The second kappa shape index (κ2) is 5.53. The highest BCUT2D eigenvalue weighted by molar-refractivity contribution is 6.31. The lowest BCUT2D eigenvalue weighted by Crippen LogP contribution is -2.09. The zero-order chi connectivity index (χ0) is 15.8. The van der Waals surface area contributed by atoms with Crippen molar-refractivity contribution >= 4 is 28.9 Å². The summed E-state index contributed by atoms with van der Waals surface area (Å²) in [5, 5.41) is 13.7. The fourth-order valence-electron chi connectivity index (χ4n) is 1.66. The molecule has 0 aliphatic carbocycles. The van der Waals surface area contributed by atoms with Crippen molar-refractivity contribution in [2.45, 2.75) is 12.1 Å². The normalized spacial score (nSPS) is 11.7. The monoisotopic (exact) mass is 339 g/mol. The van der Waals surface area contributed by atoms with E-state index in [1.54, 1.807) is 0 Å². The van der Waals surface area contributed by atoms with E-state index in [1.165, 1.54) is 12.1 Å². The number of hydrogen-bond acceptors (Lipinski definition) is 3. The summed E-state index contributed by atoms with van der Waals surface area (Å²) < 4.78 is 39.3. The molecule has 2 aromatic rings. The van der Waals surface area contributed by atoms with E-state index in [2.05, 4.69) is 5.10 Å². The van der Waals surface area contributed by atoms with Gasteiger partial charge >= 0.3 is 6.18 Å². The van der Waals surface area contributed by atoms with E-state index >= 15 is 0 Å². The minimum absolute atomic E-state index is 0.160. The van der Waals surface area contributed by atoms with Crippen molar-refractivity contribution in [1.29, 1.82) is 0 Å². The molecule has 0 spiro atoms. The van der Waals surface area contributed by atoms with Crippen LogP contribution in [0.3, 0.4) is 0 Å². The van der Waals surface area contributed by atoms with E-state index in [0.717, 1.165) is 16.8 Å². The van der Waals surface area contributed by atoms with Crippen LogP contribution < -0.4 is 0 Å². The first kappa shape index (κ1) is 15.6. The quantitative estimate of drug-likeness (QED) is 0.478. The maximum atomic E-state index is 12.8. The van der Waals surface area contributed by atoms with Gasteiger partial charge in [0.05, 0.1) is 16.5 Å². The van der Waals surface area contributed by atoms with Gasteiger partial charge < -0.3 is 0 Å². The molecule has 1 aromatic heterocycles. The molecule has 0 fully saturated rings. The van der Waals surface area contributed by atoms with E-state index in [0.29, 0.717) is 0 Å². The first-order chi connectivity index (χ1) is 9.75. The number of aromatic nitrogens is 2. The molecule has 0 bridgehead atoms. The van der Waals surface area contributed by atoms with Gasteiger partial charge in [0.1, 0.15) is 5.15 Å². The summed E-state index contributed by atoms with van der Waals surface area (Å²) in [5.41, 5.74) is -1.56. The Morgan fingerprint density at radius 1 is 1.29 bits per heavy atom. The van der Waals surface area contributed by atoms with Crippen LogP contribution in [0.5, 0.6) is 0 Å². The largest absolute Gasteiger partial charge is 0.435 e. The Kier molecular flexibility index (Phi) is 4.11. The van der Waals surface area contributed by atoms with Gasteiger partial charge in [-0.1, -0.05) is 11.6 Å². The number of hydrogen-bond donors (Lipinski definition) is 0. The van der Waals surface area contributed by atoms with Crippen molar-refractivity contribution in [3.8, 4) is 5.69 Å². The molecule has 5 nitrogen and oxygen atoms in total. The Bertz CT molecular complexity index is 683. The molecular weight excluding hydrogens is 334 g/mol. The number of halogens is 5. The summed E-state index contributed by atoms with van der Waals surface area (Å²) in [5.74, 6) is -0.458. The lowest BCUT2D eigenvalue weighted by atomic mass is 10.2. The molecule has 0 atom stereocenters. The Morgan fingerprint density at radius 2 is 1.86 bits per heavy atom. The number of alkyl halides is 4. The molecule has 10 heteroatoms. The van der Waals surface area contributed by atoms with Crippen LogP contribution in [0, 0.1) is 10.1 Å². The van der Waals surface area contributed by atoms with Crippen molar-refractivity contribution in [3.63, 3.8) is 0 Å². The number of rotatable bonds is 3. The molecule has 0 unspecified atom stereocenters. The van der Waals surface area contributed by atoms with Crippen LogP contribution in [0.15, 0.2) is 24.3 Å². The van der Waals surface area contributed by atoms with Crippen LogP contribution in [0.25, 0.3) is 5.69 Å². The number of non-ortho nitro benzene ring substituents is 1. The van der Waals surface area contributed by atoms with Gasteiger partial charge in [0.2, 0.25) is 0 Å². The molecule has 1 heterocycles. The predicted molar refractivity (Wildman–Crippen MR) is 69.8 cm³/mol. The van der Waals surface area contributed by atoms with Crippen LogP contribution in [-0.4, -0.2) is 14.7 Å². The van der Waals surface area contributed by atoms with Gasteiger partial charge in [-0.15, -0.1) is 11.6 Å². The van der Waals surface area contributed by atoms with Crippen molar-refractivity contribution < 1.29 is 18.1 Å². The average molecular weight is 340 g/mol. The molecule has 0 aliphatic heterocycles. The van der Waals surface area contributed by atoms with Crippen LogP contribution in [0.2, 0.25) is 5.15 Å². The van der Waals surface area contributed by atoms with E-state index < -0.39 is 22.7 Å². The first-order valence-electron chi connectivity index (χ1n) is 5.41. The van der Waals surface area contributed by atoms with Crippen LogP contribution in [0.1, 0.15) is 11.3 Å². The Balaban J connectivity index is 2.54. The SMILES string of the molecule is O=[N+]([O-])c1ccc(-n2nc(C(F)(F)F)c(CCl)c2Cl)cc1. The third-order valence-electron chi connectivity index (χ3n) is 2.63. The highest BCUT2D eigenvalue weighted by Crippen LogP contribution is 2.36. The second-order valence-corrected chi connectivity index (χ2v) is 4.56. The highest BCUT2D eigenvalue weighted by atomic mass is 35.5. The Labute approximate surface area is 126 Å². The standard InChI is InChI=1S/C11H6Cl2F3N3O2/c12-5-8-9(11(14,15)16)17-18(10(8)13)6-1-3-7(4-2-6)19(20)21/h1-4H,5H2. The van der Waals surface area contributed by atoms with E-state index in [4.69, 9.17) is 23.2 Å². The van der Waals surface area contributed by atoms with Crippen LogP contribution in [-0.2, 0) is 12.1 Å². The van der Waals surface area contributed by atoms with Gasteiger partial charge in [-0.25, -0.2) is 4.68 Å². The first-order valence-corrected chi connectivity index (χ1v) is 6.32. The summed E-state index contributed by atoms with van der Waals surface area (Å²) in [4.78, 5) is 9.92.